The van der Waals surface area contributed by atoms with E-state index in [0.717, 1.165) is 22.4 Å². The first kappa shape index (κ1) is 7.32. The molecule has 0 aliphatic heterocycles. The number of rotatable bonds is 1. The molecule has 0 spiro atoms. The average molecular weight is 185 g/mol. The van der Waals surface area contributed by atoms with Gasteiger partial charge < -0.3 is 9.40 Å². The van der Waals surface area contributed by atoms with Gasteiger partial charge in [0, 0.05) is 5.56 Å². The molecule has 0 bridgehead atoms. The number of hydrogen-bond acceptors (Lipinski definition) is 3. The Balaban J connectivity index is 2.36. The van der Waals surface area contributed by atoms with Crippen LogP contribution in [0.5, 0.6) is 0 Å². The molecule has 0 atom stereocenters. The second-order valence-electron chi connectivity index (χ2n) is 2.97. The number of nitrogens with zero attached hydrogens (tertiary/aromatic N) is 2. The van der Waals surface area contributed by atoms with Crippen molar-refractivity contribution < 1.29 is 4.42 Å². The van der Waals surface area contributed by atoms with Gasteiger partial charge in [-0.2, -0.15) is 0 Å². The zero-order chi connectivity index (χ0) is 9.38. The number of benzene rings is 1. The van der Waals surface area contributed by atoms with Crippen LogP contribution in [0.1, 0.15) is 0 Å². The summed E-state index contributed by atoms with van der Waals surface area (Å²) in [6.07, 6.45) is 4.86. The summed E-state index contributed by atoms with van der Waals surface area (Å²) in [5, 5.41) is 0. The summed E-state index contributed by atoms with van der Waals surface area (Å²) in [5.41, 5.74) is 3.60. The third-order valence-electron chi connectivity index (χ3n) is 2.15. The summed E-state index contributed by atoms with van der Waals surface area (Å²) in [4.78, 5) is 11.2. The van der Waals surface area contributed by atoms with E-state index in [0.29, 0.717) is 0 Å². The molecule has 68 valence electrons. The van der Waals surface area contributed by atoms with E-state index >= 15 is 0 Å². The van der Waals surface area contributed by atoms with Crippen molar-refractivity contribution in [2.45, 2.75) is 0 Å². The highest BCUT2D eigenvalue weighted by atomic mass is 16.3. The summed E-state index contributed by atoms with van der Waals surface area (Å²) >= 11 is 0. The molecule has 0 radical (unpaired) electrons. The molecule has 4 nitrogen and oxygen atoms in total. The highest BCUT2D eigenvalue weighted by molar-refractivity contribution is 5.89. The van der Waals surface area contributed by atoms with Gasteiger partial charge in [0.15, 0.2) is 12.0 Å². The summed E-state index contributed by atoms with van der Waals surface area (Å²) in [5.74, 6) is 0. The molecule has 0 unspecified atom stereocenters. The van der Waals surface area contributed by atoms with E-state index < -0.39 is 0 Å². The number of nitrogens with one attached hydrogen (secondary N) is 1. The topological polar surface area (TPSA) is 54.7 Å². The van der Waals surface area contributed by atoms with Crippen molar-refractivity contribution in [2.24, 2.45) is 0 Å². The van der Waals surface area contributed by atoms with Crippen molar-refractivity contribution in [3.8, 4) is 11.3 Å². The van der Waals surface area contributed by atoms with Crippen molar-refractivity contribution in [1.82, 2.24) is 15.0 Å². The second-order valence-corrected chi connectivity index (χ2v) is 2.97. The largest absolute Gasteiger partial charge is 0.443 e. The van der Waals surface area contributed by atoms with Gasteiger partial charge >= 0.3 is 0 Å². The first-order valence-electron chi connectivity index (χ1n) is 4.26. The third kappa shape index (κ3) is 0.939. The van der Waals surface area contributed by atoms with Gasteiger partial charge in [-0.05, 0) is 6.07 Å². The second kappa shape index (κ2) is 2.70. The van der Waals surface area contributed by atoms with E-state index in [9.17, 15) is 0 Å². The molecule has 0 aliphatic carbocycles. The lowest BCUT2D eigenvalue weighted by Gasteiger charge is -1.96. The highest BCUT2D eigenvalue weighted by Gasteiger charge is 2.07. The number of fused-ring (bicyclic) bond motifs is 1. The lowest BCUT2D eigenvalue weighted by Crippen LogP contribution is -1.79. The van der Waals surface area contributed by atoms with Gasteiger partial charge in [0.1, 0.15) is 5.52 Å². The van der Waals surface area contributed by atoms with Crippen molar-refractivity contribution in [1.29, 1.82) is 0 Å². The molecular formula is C10H7N3O. The maximum atomic E-state index is 5.21. The Morgan fingerprint density at radius 1 is 1.29 bits per heavy atom. The molecule has 4 heteroatoms. The highest BCUT2D eigenvalue weighted by Crippen LogP contribution is 2.25. The Hall–Kier alpha value is -2.10. The summed E-state index contributed by atoms with van der Waals surface area (Å²) in [6.45, 7) is 0. The van der Waals surface area contributed by atoms with E-state index in [4.69, 9.17) is 4.42 Å². The average Bonchev–Trinajstić information content (AvgIpc) is 2.88. The Morgan fingerprint density at radius 2 is 2.29 bits per heavy atom. The normalized spacial score (nSPS) is 10.9. The van der Waals surface area contributed by atoms with Crippen molar-refractivity contribution in [3.05, 3.63) is 37.1 Å². The van der Waals surface area contributed by atoms with Gasteiger partial charge in [0.25, 0.3) is 0 Å². The number of oxazole rings is 1. The summed E-state index contributed by atoms with van der Waals surface area (Å²) < 4.78 is 5.21. The minimum absolute atomic E-state index is 0.789. The molecular weight excluding hydrogens is 178 g/mol. The SMILES string of the molecule is c1cc(-c2cnc[nH]2)c2ncoc2c1. The van der Waals surface area contributed by atoms with Gasteiger partial charge in [0.05, 0.1) is 18.2 Å². The van der Waals surface area contributed by atoms with Crippen LogP contribution in [-0.4, -0.2) is 15.0 Å². The monoisotopic (exact) mass is 185 g/mol. The van der Waals surface area contributed by atoms with E-state index in [2.05, 4.69) is 15.0 Å². The van der Waals surface area contributed by atoms with Gasteiger partial charge in [0.2, 0.25) is 0 Å². The summed E-state index contributed by atoms with van der Waals surface area (Å²) in [6, 6.07) is 5.81. The Labute approximate surface area is 79.6 Å². The van der Waals surface area contributed by atoms with Crippen molar-refractivity contribution >= 4 is 11.1 Å². The molecule has 0 aliphatic rings. The molecule has 3 aromatic rings. The molecule has 3 rings (SSSR count). The molecule has 2 aromatic heterocycles. The maximum Gasteiger partial charge on any atom is 0.182 e. The number of aromatic amines is 1. The number of H-pyrrole nitrogens is 1. The third-order valence-corrected chi connectivity index (χ3v) is 2.15. The lowest BCUT2D eigenvalue weighted by atomic mass is 10.1. The zero-order valence-corrected chi connectivity index (χ0v) is 7.27. The molecule has 0 saturated heterocycles. The predicted octanol–water partition coefficient (Wildman–Crippen LogP) is 2.22. The van der Waals surface area contributed by atoms with Crippen LogP contribution in [0.25, 0.3) is 22.4 Å². The van der Waals surface area contributed by atoms with Gasteiger partial charge in [-0.1, -0.05) is 12.1 Å². The number of para-hydroxylation sites is 1. The van der Waals surface area contributed by atoms with Crippen molar-refractivity contribution in [3.63, 3.8) is 0 Å². The van der Waals surface area contributed by atoms with Crippen molar-refractivity contribution in [2.75, 3.05) is 0 Å². The quantitative estimate of drug-likeness (QED) is 0.632. The van der Waals surface area contributed by atoms with Gasteiger partial charge in [-0.25, -0.2) is 9.97 Å². The first-order chi connectivity index (χ1) is 6.95. The van der Waals surface area contributed by atoms with Crippen LogP contribution < -0.4 is 0 Å². The molecule has 0 fully saturated rings. The number of imidazole rings is 1. The van der Waals surface area contributed by atoms with Crippen LogP contribution in [0.15, 0.2) is 41.5 Å². The van der Waals surface area contributed by atoms with Crippen LogP contribution in [0.2, 0.25) is 0 Å². The van der Waals surface area contributed by atoms with Crippen LogP contribution >= 0.6 is 0 Å². The zero-order valence-electron chi connectivity index (χ0n) is 7.27. The smallest absolute Gasteiger partial charge is 0.182 e. The van der Waals surface area contributed by atoms with Gasteiger partial charge in [-0.3, -0.25) is 0 Å². The van der Waals surface area contributed by atoms with E-state index in [1.807, 2.05) is 18.2 Å². The minimum Gasteiger partial charge on any atom is -0.443 e. The first-order valence-corrected chi connectivity index (χ1v) is 4.26. The van der Waals surface area contributed by atoms with E-state index in [-0.39, 0.29) is 0 Å². The van der Waals surface area contributed by atoms with Crippen LogP contribution in [0, 0.1) is 0 Å². The molecule has 1 N–H and O–H groups in total. The Kier molecular flexibility index (Phi) is 1.41. The molecule has 14 heavy (non-hydrogen) atoms. The van der Waals surface area contributed by atoms with E-state index in [1.54, 1.807) is 12.5 Å². The predicted molar refractivity (Wildman–Crippen MR) is 51.6 cm³/mol. The fourth-order valence-corrected chi connectivity index (χ4v) is 1.51. The fourth-order valence-electron chi connectivity index (χ4n) is 1.51. The number of hydrogen-bond donors (Lipinski definition) is 1. The van der Waals surface area contributed by atoms with Crippen LogP contribution in [0.3, 0.4) is 0 Å². The molecule has 0 amide bonds. The molecule has 2 heterocycles. The maximum absolute atomic E-state index is 5.21. The van der Waals surface area contributed by atoms with Crippen LogP contribution in [-0.2, 0) is 0 Å². The number of aromatic nitrogens is 3. The fraction of sp³-hybridized carbons (Fsp3) is 0. The standard InChI is InChI=1S/C10H7N3O/c1-2-7(8-4-11-5-12-8)10-9(3-1)14-6-13-10/h1-6H,(H,11,12). The van der Waals surface area contributed by atoms with Gasteiger partial charge in [-0.15, -0.1) is 0 Å². The van der Waals surface area contributed by atoms with E-state index in [1.165, 1.54) is 6.39 Å². The minimum atomic E-state index is 0.789. The molecule has 0 saturated carbocycles. The summed E-state index contributed by atoms with van der Waals surface area (Å²) in [7, 11) is 0. The Bertz CT molecular complexity index is 554. The molecule has 1 aromatic carbocycles. The lowest BCUT2D eigenvalue weighted by molar-refractivity contribution is 0.602. The van der Waals surface area contributed by atoms with Crippen LogP contribution in [0.4, 0.5) is 0 Å². The Morgan fingerprint density at radius 3 is 3.14 bits per heavy atom.